The Kier molecular flexibility index (Phi) is 5.37. The highest BCUT2D eigenvalue weighted by atomic mass is 16.5. The van der Waals surface area contributed by atoms with Crippen molar-refractivity contribution in [3.8, 4) is 17.2 Å². The molecule has 0 fully saturated rings. The smallest absolute Gasteiger partial charge is 0.275 e. The van der Waals surface area contributed by atoms with Gasteiger partial charge in [-0.1, -0.05) is 42.5 Å². The number of para-hydroxylation sites is 1. The SMILES string of the molecule is COc1ccc(/C(=N/NC(=O)c2ccccc2O)c2ccccc2)c(O)c1. The fourth-order valence-electron chi connectivity index (χ4n) is 2.55. The van der Waals surface area contributed by atoms with Crippen LogP contribution < -0.4 is 10.2 Å². The molecule has 0 atom stereocenters. The molecule has 0 radical (unpaired) electrons. The largest absolute Gasteiger partial charge is 0.507 e. The molecule has 0 saturated heterocycles. The molecule has 0 unspecified atom stereocenters. The van der Waals surface area contributed by atoms with Gasteiger partial charge in [0.1, 0.15) is 23.0 Å². The second kappa shape index (κ2) is 8.05. The number of rotatable bonds is 5. The number of aromatic hydroxyl groups is 2. The second-order valence-electron chi connectivity index (χ2n) is 5.67. The molecule has 0 saturated carbocycles. The van der Waals surface area contributed by atoms with Crippen LogP contribution in [0.4, 0.5) is 0 Å². The normalized spacial score (nSPS) is 11.1. The van der Waals surface area contributed by atoms with Crippen LogP contribution in [0, 0.1) is 0 Å². The van der Waals surface area contributed by atoms with Gasteiger partial charge in [-0.25, -0.2) is 5.43 Å². The maximum absolute atomic E-state index is 12.4. The number of carbonyl (C=O) groups excluding carboxylic acids is 1. The Morgan fingerprint density at radius 3 is 2.26 bits per heavy atom. The zero-order valence-electron chi connectivity index (χ0n) is 14.6. The molecule has 0 spiro atoms. The summed E-state index contributed by atoms with van der Waals surface area (Å²) in [7, 11) is 1.51. The molecule has 3 aromatic carbocycles. The number of amides is 1. The summed E-state index contributed by atoms with van der Waals surface area (Å²) in [5, 5.41) is 24.4. The van der Waals surface area contributed by atoms with Gasteiger partial charge in [0.15, 0.2) is 0 Å². The highest BCUT2D eigenvalue weighted by Gasteiger charge is 2.15. The van der Waals surface area contributed by atoms with E-state index in [1.165, 1.54) is 25.3 Å². The van der Waals surface area contributed by atoms with Crippen molar-refractivity contribution < 1.29 is 19.7 Å². The van der Waals surface area contributed by atoms with E-state index in [1.807, 2.05) is 30.3 Å². The van der Waals surface area contributed by atoms with Crippen molar-refractivity contribution in [2.75, 3.05) is 7.11 Å². The van der Waals surface area contributed by atoms with Crippen LogP contribution in [0.5, 0.6) is 17.2 Å². The van der Waals surface area contributed by atoms with Gasteiger partial charge in [-0.3, -0.25) is 4.79 Å². The Balaban J connectivity index is 1.99. The predicted octanol–water partition coefficient (Wildman–Crippen LogP) is 3.29. The van der Waals surface area contributed by atoms with E-state index in [1.54, 1.807) is 24.3 Å². The van der Waals surface area contributed by atoms with Crippen LogP contribution in [-0.2, 0) is 0 Å². The minimum atomic E-state index is -0.561. The summed E-state index contributed by atoms with van der Waals surface area (Å²) in [6.45, 7) is 0. The van der Waals surface area contributed by atoms with Crippen LogP contribution in [0.15, 0.2) is 77.9 Å². The molecule has 0 aliphatic heterocycles. The number of ether oxygens (including phenoxy) is 1. The standard InChI is InChI=1S/C21H18N2O4/c1-27-15-11-12-16(19(25)13-15)20(14-7-3-2-4-8-14)22-23-21(26)17-9-5-6-10-18(17)24/h2-13,24-25H,1H3,(H,23,26)/b22-20+. The first-order chi connectivity index (χ1) is 13.1. The number of phenolic OH excluding ortho intramolecular Hbond substituents is 2. The Bertz CT molecular complexity index is 984. The molecule has 0 bridgehead atoms. The zero-order chi connectivity index (χ0) is 19.2. The molecule has 3 rings (SSSR count). The van der Waals surface area contributed by atoms with Crippen LogP contribution in [0.3, 0.4) is 0 Å². The van der Waals surface area contributed by atoms with E-state index in [0.29, 0.717) is 22.6 Å². The summed E-state index contributed by atoms with van der Waals surface area (Å²) >= 11 is 0. The number of nitrogens with zero attached hydrogens (tertiary/aromatic N) is 1. The molecule has 6 nitrogen and oxygen atoms in total. The van der Waals surface area contributed by atoms with Crippen LogP contribution in [0.1, 0.15) is 21.5 Å². The topological polar surface area (TPSA) is 91.2 Å². The van der Waals surface area contributed by atoms with Gasteiger partial charge in [0, 0.05) is 17.2 Å². The first-order valence-electron chi connectivity index (χ1n) is 8.19. The number of hydrogen-bond acceptors (Lipinski definition) is 5. The quantitative estimate of drug-likeness (QED) is 0.480. The molecule has 1 amide bonds. The number of carbonyl (C=O) groups is 1. The van der Waals surface area contributed by atoms with Gasteiger partial charge in [0.2, 0.25) is 0 Å². The molecule has 0 aromatic heterocycles. The number of phenols is 2. The van der Waals surface area contributed by atoms with E-state index in [-0.39, 0.29) is 17.1 Å². The molecule has 3 aromatic rings. The van der Waals surface area contributed by atoms with Crippen molar-refractivity contribution in [3.63, 3.8) is 0 Å². The van der Waals surface area contributed by atoms with Crippen LogP contribution in [0.2, 0.25) is 0 Å². The van der Waals surface area contributed by atoms with Crippen LogP contribution >= 0.6 is 0 Å². The summed E-state index contributed by atoms with van der Waals surface area (Å²) in [5.74, 6) is -0.232. The first kappa shape index (κ1) is 18.0. The van der Waals surface area contributed by atoms with Gasteiger partial charge in [-0.05, 0) is 24.3 Å². The van der Waals surface area contributed by atoms with Gasteiger partial charge in [-0.15, -0.1) is 0 Å². The van der Waals surface area contributed by atoms with E-state index in [4.69, 9.17) is 4.74 Å². The second-order valence-corrected chi connectivity index (χ2v) is 5.67. The third-order valence-electron chi connectivity index (χ3n) is 3.93. The summed E-state index contributed by atoms with van der Waals surface area (Å²) in [5.41, 5.74) is 4.05. The van der Waals surface area contributed by atoms with Gasteiger partial charge < -0.3 is 14.9 Å². The number of nitrogens with one attached hydrogen (secondary N) is 1. The van der Waals surface area contributed by atoms with Gasteiger partial charge in [0.25, 0.3) is 5.91 Å². The minimum Gasteiger partial charge on any atom is -0.507 e. The molecule has 136 valence electrons. The average molecular weight is 362 g/mol. The van der Waals surface area contributed by atoms with E-state index in [2.05, 4.69) is 10.5 Å². The summed E-state index contributed by atoms with van der Waals surface area (Å²) in [6, 6.07) is 20.2. The van der Waals surface area contributed by atoms with E-state index >= 15 is 0 Å². The van der Waals surface area contributed by atoms with Crippen molar-refractivity contribution >= 4 is 11.6 Å². The maximum atomic E-state index is 12.4. The maximum Gasteiger partial charge on any atom is 0.275 e. The fraction of sp³-hybridized carbons (Fsp3) is 0.0476. The lowest BCUT2D eigenvalue weighted by Gasteiger charge is -2.11. The Labute approximate surface area is 156 Å². The lowest BCUT2D eigenvalue weighted by Crippen LogP contribution is -2.20. The van der Waals surface area contributed by atoms with Crippen molar-refractivity contribution in [2.24, 2.45) is 5.10 Å². The van der Waals surface area contributed by atoms with E-state index in [0.717, 1.165) is 0 Å². The van der Waals surface area contributed by atoms with Crippen LogP contribution in [-0.4, -0.2) is 28.9 Å². The van der Waals surface area contributed by atoms with Crippen molar-refractivity contribution in [2.45, 2.75) is 0 Å². The minimum absolute atomic E-state index is 0.0336. The molecular weight excluding hydrogens is 344 g/mol. The third kappa shape index (κ3) is 4.07. The zero-order valence-corrected chi connectivity index (χ0v) is 14.6. The van der Waals surface area contributed by atoms with E-state index in [9.17, 15) is 15.0 Å². The molecular formula is C21H18N2O4. The molecule has 0 aliphatic rings. The molecule has 6 heteroatoms. The monoisotopic (exact) mass is 362 g/mol. The van der Waals surface area contributed by atoms with Crippen molar-refractivity contribution in [3.05, 3.63) is 89.5 Å². The third-order valence-corrected chi connectivity index (χ3v) is 3.93. The van der Waals surface area contributed by atoms with Gasteiger partial charge >= 0.3 is 0 Å². The first-order valence-corrected chi connectivity index (χ1v) is 8.19. The average Bonchev–Trinajstić information content (AvgIpc) is 2.70. The Morgan fingerprint density at radius 1 is 0.889 bits per heavy atom. The van der Waals surface area contributed by atoms with Crippen molar-refractivity contribution in [1.29, 1.82) is 0 Å². The van der Waals surface area contributed by atoms with E-state index < -0.39 is 5.91 Å². The lowest BCUT2D eigenvalue weighted by atomic mass is 10.0. The lowest BCUT2D eigenvalue weighted by molar-refractivity contribution is 0.0952. The molecule has 27 heavy (non-hydrogen) atoms. The summed E-state index contributed by atoms with van der Waals surface area (Å²) in [4.78, 5) is 12.4. The molecule has 0 aliphatic carbocycles. The fourth-order valence-corrected chi connectivity index (χ4v) is 2.55. The summed E-state index contributed by atoms with van der Waals surface area (Å²) < 4.78 is 5.11. The number of hydrogen-bond donors (Lipinski definition) is 3. The summed E-state index contributed by atoms with van der Waals surface area (Å²) in [6.07, 6.45) is 0. The van der Waals surface area contributed by atoms with Gasteiger partial charge in [-0.2, -0.15) is 5.10 Å². The number of hydrazone groups is 1. The van der Waals surface area contributed by atoms with Crippen LogP contribution in [0.25, 0.3) is 0 Å². The Morgan fingerprint density at radius 2 is 1.59 bits per heavy atom. The Hall–Kier alpha value is -3.80. The molecule has 0 heterocycles. The highest BCUT2D eigenvalue weighted by molar-refractivity contribution is 6.15. The molecule has 3 N–H and O–H groups in total. The highest BCUT2D eigenvalue weighted by Crippen LogP contribution is 2.26. The van der Waals surface area contributed by atoms with Crippen molar-refractivity contribution in [1.82, 2.24) is 5.43 Å². The number of benzene rings is 3. The van der Waals surface area contributed by atoms with Gasteiger partial charge in [0.05, 0.1) is 12.7 Å². The predicted molar refractivity (Wildman–Crippen MR) is 102 cm³/mol. The number of methoxy groups -OCH3 is 1.